The van der Waals surface area contributed by atoms with E-state index in [1.165, 1.54) is 0 Å². The van der Waals surface area contributed by atoms with Crippen molar-refractivity contribution in [1.29, 1.82) is 0 Å². The molecular weight excluding hydrogens is 917 g/mol. The zero-order chi connectivity index (χ0) is 50.2. The van der Waals surface area contributed by atoms with Crippen molar-refractivity contribution in [3.63, 3.8) is 0 Å². The standard InChI is InChI=1S/C47H78B6O18/c1-2-3-4-38-39(70-52)13-11-36(64-38)23-55-17-30-5-10-35(66-41(30)26-60-48)22-58-20-33-8-16-47(69-44(33)29-63-51)59-25-45-40(71-53)14-12-37(67-45)24-56-18-31-6-9-34(65-42(31)27-61-49)21-57-19-32-7-15-46(54)68-43(32)28-62-50/h30-47,54H,2-29H2,1H3. The van der Waals surface area contributed by atoms with Gasteiger partial charge < -0.3 is 85.1 Å². The van der Waals surface area contributed by atoms with Crippen LogP contribution >= 0.6 is 0 Å². The topological polar surface area (TPSA) is 177 Å². The van der Waals surface area contributed by atoms with E-state index < -0.39 is 18.7 Å². The summed E-state index contributed by atoms with van der Waals surface area (Å²) in [7, 11) is 33.2. The summed E-state index contributed by atoms with van der Waals surface area (Å²) < 4.78 is 99.0. The lowest BCUT2D eigenvalue weighted by molar-refractivity contribution is -0.243. The van der Waals surface area contributed by atoms with Gasteiger partial charge in [0, 0.05) is 23.7 Å². The Balaban J connectivity index is 0.857. The predicted octanol–water partition coefficient (Wildman–Crippen LogP) is 2.26. The van der Waals surface area contributed by atoms with Gasteiger partial charge in [-0.2, -0.15) is 0 Å². The van der Waals surface area contributed by atoms with E-state index in [4.69, 9.17) is 128 Å². The molecule has 1 N–H and O–H groups in total. The molecule has 6 saturated heterocycles. The minimum Gasteiger partial charge on any atom is -0.445 e. The van der Waals surface area contributed by atoms with Crippen molar-refractivity contribution in [2.24, 2.45) is 23.7 Å². The van der Waals surface area contributed by atoms with E-state index in [1.54, 1.807) is 0 Å². The van der Waals surface area contributed by atoms with Gasteiger partial charge in [-0.05, 0) is 83.5 Å². The van der Waals surface area contributed by atoms with Gasteiger partial charge in [0.15, 0.2) is 12.6 Å². The third-order valence-electron chi connectivity index (χ3n) is 15.1. The quantitative estimate of drug-likeness (QED) is 0.0971. The van der Waals surface area contributed by atoms with Crippen LogP contribution in [0.5, 0.6) is 0 Å². The normalized spacial score (nSPS) is 38.3. The highest BCUT2D eigenvalue weighted by Gasteiger charge is 2.39. The maximum Gasteiger partial charge on any atom is 0.283 e. The van der Waals surface area contributed by atoms with Crippen molar-refractivity contribution in [2.75, 3.05) is 85.9 Å². The van der Waals surface area contributed by atoms with Crippen LogP contribution in [-0.2, 0) is 80.0 Å². The van der Waals surface area contributed by atoms with Crippen LogP contribution in [0.25, 0.3) is 0 Å². The summed E-state index contributed by atoms with van der Waals surface area (Å²) in [6, 6.07) is 0. The number of aliphatic hydroxyl groups excluding tert-OH is 1. The fourth-order valence-corrected chi connectivity index (χ4v) is 10.9. The van der Waals surface area contributed by atoms with E-state index in [0.717, 1.165) is 70.6 Å². The average molecular weight is 996 g/mol. The van der Waals surface area contributed by atoms with Crippen LogP contribution in [0.15, 0.2) is 0 Å². The Morgan fingerprint density at radius 2 is 0.761 bits per heavy atom. The molecule has 18 atom stereocenters. The van der Waals surface area contributed by atoms with Gasteiger partial charge in [-0.15, -0.1) is 0 Å². The molecular formula is C47H78B6O18. The Bertz CT molecular complexity index is 1400. The Labute approximate surface area is 430 Å². The molecule has 6 heterocycles. The summed E-state index contributed by atoms with van der Waals surface area (Å²) in [6.07, 6.45) is 8.42. The predicted molar refractivity (Wildman–Crippen MR) is 260 cm³/mol. The summed E-state index contributed by atoms with van der Waals surface area (Å²) in [4.78, 5) is 0. The first kappa shape index (κ1) is 59.9. The number of hydrogen-bond acceptors (Lipinski definition) is 18. The van der Waals surface area contributed by atoms with Crippen molar-refractivity contribution < 1.29 is 85.1 Å². The molecule has 12 radical (unpaired) electrons. The van der Waals surface area contributed by atoms with E-state index in [9.17, 15) is 5.11 Å². The summed E-state index contributed by atoms with van der Waals surface area (Å²) >= 11 is 0. The summed E-state index contributed by atoms with van der Waals surface area (Å²) in [5.41, 5.74) is 0. The van der Waals surface area contributed by atoms with Gasteiger partial charge in [0.2, 0.25) is 0 Å². The maximum absolute atomic E-state index is 9.87. The second-order valence-electron chi connectivity index (χ2n) is 20.2. The van der Waals surface area contributed by atoms with Crippen LogP contribution in [0.2, 0.25) is 0 Å². The smallest absolute Gasteiger partial charge is 0.283 e. The molecule has 0 amide bonds. The van der Waals surface area contributed by atoms with E-state index in [2.05, 4.69) is 6.92 Å². The highest BCUT2D eigenvalue weighted by Crippen LogP contribution is 2.33. The fourth-order valence-electron chi connectivity index (χ4n) is 10.9. The monoisotopic (exact) mass is 997 g/mol. The van der Waals surface area contributed by atoms with Gasteiger partial charge in [0.1, 0.15) is 6.10 Å². The van der Waals surface area contributed by atoms with Gasteiger partial charge in [-0.3, -0.25) is 0 Å². The SMILES string of the molecule is [B]OCC1OC(O)CCC1COCC1CCC(COCC2CCC(O[B])C(COC3CCC(COCC4CCC(COCC5CCC(O[B])C(CCCC)O5)C(CO[B])O4)C(CO[B])O3)O2)C(CO[B])O1. The second-order valence-corrected chi connectivity index (χ2v) is 20.2. The zero-order valence-electron chi connectivity index (χ0n) is 42.0. The van der Waals surface area contributed by atoms with E-state index in [-0.39, 0.29) is 124 Å². The average Bonchev–Trinajstić information content (AvgIpc) is 3.38. The second kappa shape index (κ2) is 33.7. The molecule has 71 heavy (non-hydrogen) atoms. The lowest BCUT2D eigenvalue weighted by Gasteiger charge is -2.40. The third kappa shape index (κ3) is 19.9. The van der Waals surface area contributed by atoms with Crippen molar-refractivity contribution in [1.82, 2.24) is 0 Å². The molecule has 0 aliphatic carbocycles. The van der Waals surface area contributed by atoms with Gasteiger partial charge >= 0.3 is 0 Å². The Morgan fingerprint density at radius 1 is 0.380 bits per heavy atom. The summed E-state index contributed by atoms with van der Waals surface area (Å²) in [5, 5.41) is 9.87. The van der Waals surface area contributed by atoms with Crippen LogP contribution in [0.4, 0.5) is 0 Å². The van der Waals surface area contributed by atoms with Crippen LogP contribution in [-0.4, -0.2) is 225 Å². The lowest BCUT2D eigenvalue weighted by Crippen LogP contribution is -2.47. The molecule has 0 aromatic heterocycles. The van der Waals surface area contributed by atoms with Crippen LogP contribution in [0.3, 0.4) is 0 Å². The van der Waals surface area contributed by atoms with Crippen molar-refractivity contribution in [2.45, 2.75) is 189 Å². The Hall–Kier alpha value is -0.330. The highest BCUT2D eigenvalue weighted by atomic mass is 16.7. The molecule has 0 aromatic rings. The van der Waals surface area contributed by atoms with Crippen molar-refractivity contribution >= 4 is 48.3 Å². The van der Waals surface area contributed by atoms with Crippen molar-refractivity contribution in [3.05, 3.63) is 0 Å². The zero-order valence-corrected chi connectivity index (χ0v) is 42.0. The molecule has 392 valence electrons. The molecule has 0 spiro atoms. The molecule has 6 aliphatic rings. The minimum absolute atomic E-state index is 0.00518. The molecule has 0 aromatic carbocycles. The molecule has 6 rings (SSSR count). The number of aliphatic hydroxyl groups is 1. The van der Waals surface area contributed by atoms with Gasteiger partial charge in [-0.1, -0.05) is 19.8 Å². The first-order chi connectivity index (χ1) is 34.8. The molecule has 6 aliphatic heterocycles. The van der Waals surface area contributed by atoms with Crippen LogP contribution in [0, 0.1) is 23.7 Å². The molecule has 6 fully saturated rings. The molecule has 18 unspecified atom stereocenters. The fraction of sp³-hybridized carbons (Fsp3) is 1.00. The summed E-state index contributed by atoms with van der Waals surface area (Å²) in [6.45, 7) is 6.78. The first-order valence-electron chi connectivity index (χ1n) is 26.3. The maximum atomic E-state index is 9.87. The molecule has 18 nitrogen and oxygen atoms in total. The van der Waals surface area contributed by atoms with Gasteiger partial charge in [-0.25, -0.2) is 0 Å². The van der Waals surface area contributed by atoms with Gasteiger partial charge in [0.05, 0.1) is 153 Å². The highest BCUT2D eigenvalue weighted by molar-refractivity contribution is 5.98. The number of ether oxygens (including phenoxy) is 11. The largest absolute Gasteiger partial charge is 0.445 e. The molecule has 24 heteroatoms. The minimum atomic E-state index is -0.818. The van der Waals surface area contributed by atoms with E-state index >= 15 is 0 Å². The van der Waals surface area contributed by atoms with E-state index in [1.807, 2.05) is 0 Å². The Kier molecular flexibility index (Phi) is 28.5. The molecule has 0 bridgehead atoms. The van der Waals surface area contributed by atoms with Crippen LogP contribution < -0.4 is 0 Å². The molecule has 0 saturated carbocycles. The van der Waals surface area contributed by atoms with Crippen molar-refractivity contribution in [3.8, 4) is 0 Å². The van der Waals surface area contributed by atoms with Crippen LogP contribution in [0.1, 0.15) is 103 Å². The Morgan fingerprint density at radius 3 is 1.21 bits per heavy atom. The number of unbranched alkanes of at least 4 members (excludes halogenated alkanes) is 1. The lowest BCUT2D eigenvalue weighted by atomic mass is 9.92. The van der Waals surface area contributed by atoms with E-state index in [0.29, 0.717) is 78.5 Å². The van der Waals surface area contributed by atoms with Gasteiger partial charge in [0.25, 0.3) is 48.3 Å². The number of rotatable bonds is 32. The summed E-state index contributed by atoms with van der Waals surface area (Å²) in [5.74, 6) is 0.287. The third-order valence-corrected chi connectivity index (χ3v) is 15.1. The number of hydrogen-bond donors (Lipinski definition) is 1. The first-order valence-corrected chi connectivity index (χ1v) is 26.3.